The van der Waals surface area contributed by atoms with Crippen LogP contribution in [0.2, 0.25) is 0 Å². The van der Waals surface area contributed by atoms with Gasteiger partial charge in [0.1, 0.15) is 5.76 Å². The standard InChI is InChI=1S/C11H7O2/c12-8-9-4-1-2-5-10(9)11-6-3-7-13-11/h1-7H. The third kappa shape index (κ3) is 1.38. The van der Waals surface area contributed by atoms with Gasteiger partial charge < -0.3 is 4.42 Å². The van der Waals surface area contributed by atoms with Crippen LogP contribution in [0.4, 0.5) is 0 Å². The van der Waals surface area contributed by atoms with Gasteiger partial charge in [0, 0.05) is 11.1 Å². The number of rotatable bonds is 2. The lowest BCUT2D eigenvalue weighted by Gasteiger charge is -1.98. The highest BCUT2D eigenvalue weighted by Crippen LogP contribution is 2.22. The van der Waals surface area contributed by atoms with Crippen molar-refractivity contribution < 1.29 is 9.21 Å². The molecule has 2 aromatic rings. The lowest BCUT2D eigenvalue weighted by atomic mass is 10.1. The van der Waals surface area contributed by atoms with Crippen LogP contribution in [-0.2, 0) is 4.79 Å². The Kier molecular flexibility index (Phi) is 1.96. The van der Waals surface area contributed by atoms with Gasteiger partial charge in [0.05, 0.1) is 6.26 Å². The Bertz CT molecular complexity index is 402. The van der Waals surface area contributed by atoms with E-state index in [9.17, 15) is 4.79 Å². The molecule has 0 aliphatic carbocycles. The van der Waals surface area contributed by atoms with E-state index in [1.54, 1.807) is 24.5 Å². The van der Waals surface area contributed by atoms with E-state index in [0.29, 0.717) is 11.3 Å². The topological polar surface area (TPSA) is 30.2 Å². The molecule has 63 valence electrons. The molecule has 2 heteroatoms. The average molecular weight is 171 g/mol. The van der Waals surface area contributed by atoms with Crippen molar-refractivity contribution in [3.05, 3.63) is 48.2 Å². The van der Waals surface area contributed by atoms with Crippen molar-refractivity contribution in [2.45, 2.75) is 0 Å². The first-order chi connectivity index (χ1) is 6.42. The monoisotopic (exact) mass is 171 g/mol. The number of hydrogen-bond acceptors (Lipinski definition) is 2. The number of hydrogen-bond donors (Lipinski definition) is 0. The fourth-order valence-electron chi connectivity index (χ4n) is 1.22. The first-order valence-corrected chi connectivity index (χ1v) is 3.93. The van der Waals surface area contributed by atoms with Crippen LogP contribution >= 0.6 is 0 Å². The van der Waals surface area contributed by atoms with E-state index in [1.165, 1.54) is 0 Å². The first-order valence-electron chi connectivity index (χ1n) is 3.93. The van der Waals surface area contributed by atoms with Gasteiger partial charge in [0.25, 0.3) is 0 Å². The van der Waals surface area contributed by atoms with Crippen LogP contribution in [0.1, 0.15) is 5.56 Å². The van der Waals surface area contributed by atoms with Crippen LogP contribution in [0.25, 0.3) is 11.3 Å². The van der Waals surface area contributed by atoms with E-state index in [1.807, 2.05) is 24.5 Å². The predicted molar refractivity (Wildman–Crippen MR) is 48.9 cm³/mol. The van der Waals surface area contributed by atoms with Crippen LogP contribution < -0.4 is 0 Å². The van der Waals surface area contributed by atoms with Gasteiger partial charge in [-0.3, -0.25) is 4.79 Å². The van der Waals surface area contributed by atoms with Gasteiger partial charge in [-0.25, -0.2) is 0 Å². The molecule has 0 saturated carbocycles. The molecule has 0 spiro atoms. The molecule has 0 N–H and O–H groups in total. The molecular weight excluding hydrogens is 164 g/mol. The molecule has 0 atom stereocenters. The van der Waals surface area contributed by atoms with E-state index < -0.39 is 0 Å². The smallest absolute Gasteiger partial charge is 0.234 e. The van der Waals surface area contributed by atoms with Crippen molar-refractivity contribution in [2.24, 2.45) is 0 Å². The van der Waals surface area contributed by atoms with Gasteiger partial charge in [-0.05, 0) is 12.1 Å². The van der Waals surface area contributed by atoms with Crippen molar-refractivity contribution in [2.75, 3.05) is 0 Å². The Labute approximate surface area is 75.8 Å². The predicted octanol–water partition coefficient (Wildman–Crippen LogP) is 2.40. The molecule has 0 aliphatic heterocycles. The Morgan fingerprint density at radius 1 is 1.08 bits per heavy atom. The van der Waals surface area contributed by atoms with Crippen molar-refractivity contribution >= 4 is 6.29 Å². The normalized spacial score (nSPS) is 9.85. The van der Waals surface area contributed by atoms with Gasteiger partial charge in [0.15, 0.2) is 0 Å². The Morgan fingerprint density at radius 2 is 1.92 bits per heavy atom. The molecule has 1 radical (unpaired) electrons. The van der Waals surface area contributed by atoms with E-state index in [2.05, 4.69) is 0 Å². The minimum atomic E-state index is 0.525. The summed E-state index contributed by atoms with van der Waals surface area (Å²) in [6.07, 6.45) is 3.45. The second kappa shape index (κ2) is 3.27. The number of benzene rings is 1. The van der Waals surface area contributed by atoms with Crippen molar-refractivity contribution in [1.29, 1.82) is 0 Å². The maximum absolute atomic E-state index is 10.6. The lowest BCUT2D eigenvalue weighted by molar-refractivity contribution is 0.561. The molecule has 0 fully saturated rings. The Morgan fingerprint density at radius 3 is 2.62 bits per heavy atom. The molecule has 1 heterocycles. The molecule has 2 rings (SSSR count). The minimum absolute atomic E-state index is 0.525. The highest BCUT2D eigenvalue weighted by atomic mass is 16.3. The lowest BCUT2D eigenvalue weighted by Crippen LogP contribution is -1.84. The fourth-order valence-corrected chi connectivity index (χ4v) is 1.22. The molecule has 2 nitrogen and oxygen atoms in total. The molecule has 0 bridgehead atoms. The summed E-state index contributed by atoms with van der Waals surface area (Å²) in [5.41, 5.74) is 1.31. The molecule has 13 heavy (non-hydrogen) atoms. The molecule has 0 unspecified atom stereocenters. The summed E-state index contributed by atoms with van der Waals surface area (Å²) >= 11 is 0. The quantitative estimate of drug-likeness (QED) is 0.694. The molecule has 0 saturated heterocycles. The van der Waals surface area contributed by atoms with Gasteiger partial charge in [-0.1, -0.05) is 24.3 Å². The second-order valence-corrected chi connectivity index (χ2v) is 2.62. The third-order valence-electron chi connectivity index (χ3n) is 1.82. The highest BCUT2D eigenvalue weighted by molar-refractivity contribution is 5.86. The molecule has 0 amide bonds. The van der Waals surface area contributed by atoms with Crippen LogP contribution in [0.15, 0.2) is 47.1 Å². The fraction of sp³-hybridized carbons (Fsp3) is 0. The average Bonchev–Trinajstić information content (AvgIpc) is 2.70. The number of furan rings is 1. The van der Waals surface area contributed by atoms with E-state index in [-0.39, 0.29) is 0 Å². The van der Waals surface area contributed by atoms with Crippen LogP contribution in [0.3, 0.4) is 0 Å². The number of carbonyl (C=O) groups excluding carboxylic acids is 1. The van der Waals surface area contributed by atoms with Gasteiger partial charge in [-0.15, -0.1) is 0 Å². The minimum Gasteiger partial charge on any atom is -0.464 e. The molecule has 1 aromatic heterocycles. The first kappa shape index (κ1) is 7.80. The molecule has 0 aliphatic rings. The summed E-state index contributed by atoms with van der Waals surface area (Å²) in [5, 5.41) is 0. The zero-order valence-electron chi connectivity index (χ0n) is 6.86. The largest absolute Gasteiger partial charge is 0.464 e. The SMILES string of the molecule is O=[C]c1ccccc1-c1ccco1. The summed E-state index contributed by atoms with van der Waals surface area (Å²) < 4.78 is 5.18. The summed E-state index contributed by atoms with van der Waals surface area (Å²) in [6.45, 7) is 0. The zero-order valence-corrected chi connectivity index (χ0v) is 6.86. The summed E-state index contributed by atoms with van der Waals surface area (Å²) in [7, 11) is 0. The van der Waals surface area contributed by atoms with E-state index in [0.717, 1.165) is 5.56 Å². The van der Waals surface area contributed by atoms with Crippen molar-refractivity contribution in [3.63, 3.8) is 0 Å². The van der Waals surface area contributed by atoms with Crippen LogP contribution in [0, 0.1) is 0 Å². The zero-order chi connectivity index (χ0) is 9.10. The molecule has 1 aromatic carbocycles. The summed E-state index contributed by atoms with van der Waals surface area (Å²) in [4.78, 5) is 10.6. The van der Waals surface area contributed by atoms with Crippen LogP contribution in [0.5, 0.6) is 0 Å². The Hall–Kier alpha value is -1.83. The summed E-state index contributed by atoms with van der Waals surface area (Å²) in [6, 6.07) is 10.8. The third-order valence-corrected chi connectivity index (χ3v) is 1.82. The van der Waals surface area contributed by atoms with Gasteiger partial charge in [-0.2, -0.15) is 0 Å². The molecular formula is C11H7O2. The Balaban J connectivity index is 2.57. The van der Waals surface area contributed by atoms with E-state index in [4.69, 9.17) is 4.42 Å². The highest BCUT2D eigenvalue weighted by Gasteiger charge is 2.05. The van der Waals surface area contributed by atoms with E-state index >= 15 is 0 Å². The maximum Gasteiger partial charge on any atom is 0.234 e. The van der Waals surface area contributed by atoms with Crippen molar-refractivity contribution in [3.8, 4) is 11.3 Å². The van der Waals surface area contributed by atoms with Crippen molar-refractivity contribution in [1.82, 2.24) is 0 Å². The maximum atomic E-state index is 10.6. The van der Waals surface area contributed by atoms with Gasteiger partial charge >= 0.3 is 0 Å². The van der Waals surface area contributed by atoms with Crippen LogP contribution in [-0.4, -0.2) is 6.29 Å². The van der Waals surface area contributed by atoms with Gasteiger partial charge in [0.2, 0.25) is 6.29 Å². The second-order valence-electron chi connectivity index (χ2n) is 2.62. The summed E-state index contributed by atoms with van der Waals surface area (Å²) in [5.74, 6) is 0.693.